The van der Waals surface area contributed by atoms with Gasteiger partial charge in [-0.3, -0.25) is 14.6 Å². The first kappa shape index (κ1) is 17.8. The molecule has 0 saturated carbocycles. The maximum absolute atomic E-state index is 12.8. The number of aromatic nitrogens is 2. The number of carbonyl (C=O) groups excluding carboxylic acids is 1. The Bertz CT molecular complexity index is 1080. The lowest BCUT2D eigenvalue weighted by Gasteiger charge is -2.15. The fourth-order valence-electron chi connectivity index (χ4n) is 3.14. The van der Waals surface area contributed by atoms with Crippen LogP contribution in [0.15, 0.2) is 53.5 Å². The molecule has 7 nitrogen and oxygen atoms in total. The fourth-order valence-corrected chi connectivity index (χ4v) is 3.14. The van der Waals surface area contributed by atoms with Gasteiger partial charge in [0, 0.05) is 18.4 Å². The lowest BCUT2D eigenvalue weighted by molar-refractivity contribution is 0.112. The van der Waals surface area contributed by atoms with Gasteiger partial charge in [-0.25, -0.2) is 0 Å². The molecule has 0 unspecified atom stereocenters. The van der Waals surface area contributed by atoms with Gasteiger partial charge in [-0.15, -0.1) is 0 Å². The van der Waals surface area contributed by atoms with E-state index >= 15 is 0 Å². The van der Waals surface area contributed by atoms with Crippen LogP contribution < -0.4 is 20.3 Å². The minimum atomic E-state index is -0.339. The van der Waals surface area contributed by atoms with Crippen molar-refractivity contribution in [1.82, 2.24) is 9.55 Å². The molecule has 1 N–H and O–H groups in total. The molecule has 0 saturated heterocycles. The summed E-state index contributed by atoms with van der Waals surface area (Å²) in [6.07, 6.45) is 2.27. The number of anilines is 1. The summed E-state index contributed by atoms with van der Waals surface area (Å²) in [5.41, 5.74) is 2.72. The molecule has 7 heteroatoms. The number of carbonyl (C=O) groups is 1. The first-order valence-corrected chi connectivity index (χ1v) is 8.87. The van der Waals surface area contributed by atoms with E-state index in [0.29, 0.717) is 36.6 Å². The number of nitrogens with zero attached hydrogens (tertiary/aromatic N) is 2. The zero-order valence-corrected chi connectivity index (χ0v) is 15.3. The summed E-state index contributed by atoms with van der Waals surface area (Å²) in [6.45, 7) is 2.81. The average Bonchev–Trinajstić information content (AvgIpc) is 3.18. The second-order valence-electron chi connectivity index (χ2n) is 6.48. The van der Waals surface area contributed by atoms with Crippen LogP contribution in [0, 0.1) is 6.92 Å². The van der Waals surface area contributed by atoms with E-state index in [2.05, 4.69) is 10.3 Å². The number of nitrogens with one attached hydrogen (secondary N) is 1. The number of hydrogen-bond donors (Lipinski definition) is 1. The van der Waals surface area contributed by atoms with Gasteiger partial charge in [-0.1, -0.05) is 12.1 Å². The van der Waals surface area contributed by atoms with Gasteiger partial charge in [-0.2, -0.15) is 0 Å². The van der Waals surface area contributed by atoms with Crippen LogP contribution >= 0.6 is 0 Å². The third kappa shape index (κ3) is 3.46. The quantitative estimate of drug-likeness (QED) is 0.665. The number of aldehydes is 1. The Balaban J connectivity index is 1.59. The smallest absolute Gasteiger partial charge is 0.263 e. The number of rotatable bonds is 6. The monoisotopic (exact) mass is 377 g/mol. The van der Waals surface area contributed by atoms with Crippen molar-refractivity contribution >= 4 is 12.0 Å². The molecular weight excluding hydrogens is 358 g/mol. The predicted octanol–water partition coefficient (Wildman–Crippen LogP) is 2.75. The summed E-state index contributed by atoms with van der Waals surface area (Å²) in [5.74, 6) is 1.40. The minimum Gasteiger partial charge on any atom is -0.454 e. The highest BCUT2D eigenvalue weighted by atomic mass is 16.7. The highest BCUT2D eigenvalue weighted by molar-refractivity contribution is 5.83. The van der Waals surface area contributed by atoms with Crippen LogP contribution in [0.3, 0.4) is 0 Å². The SMILES string of the molecule is Cc1cc(NCc2ccc3c(c2)OCO3)c(C=O)c(=O)n1Cc1ccccn1. The number of pyridine rings is 2. The molecule has 0 bridgehead atoms. The van der Waals surface area contributed by atoms with Crippen LogP contribution in [-0.4, -0.2) is 22.6 Å². The van der Waals surface area contributed by atoms with E-state index in [4.69, 9.17) is 9.47 Å². The molecule has 2 aromatic heterocycles. The molecular formula is C21H19N3O4. The van der Waals surface area contributed by atoms with Crippen molar-refractivity contribution in [2.75, 3.05) is 12.1 Å². The Hall–Kier alpha value is -3.61. The van der Waals surface area contributed by atoms with Crippen LogP contribution in [0.4, 0.5) is 5.69 Å². The van der Waals surface area contributed by atoms with E-state index in [0.717, 1.165) is 17.0 Å². The summed E-state index contributed by atoms with van der Waals surface area (Å²) >= 11 is 0. The van der Waals surface area contributed by atoms with Gasteiger partial charge in [-0.05, 0) is 42.8 Å². The van der Waals surface area contributed by atoms with Crippen molar-refractivity contribution in [2.24, 2.45) is 0 Å². The van der Waals surface area contributed by atoms with Crippen molar-refractivity contribution in [3.63, 3.8) is 0 Å². The van der Waals surface area contributed by atoms with Crippen molar-refractivity contribution in [2.45, 2.75) is 20.0 Å². The molecule has 28 heavy (non-hydrogen) atoms. The van der Waals surface area contributed by atoms with Gasteiger partial charge >= 0.3 is 0 Å². The van der Waals surface area contributed by atoms with E-state index in [1.165, 1.54) is 0 Å². The topological polar surface area (TPSA) is 82.5 Å². The number of hydrogen-bond acceptors (Lipinski definition) is 6. The van der Waals surface area contributed by atoms with Gasteiger partial charge in [0.15, 0.2) is 17.8 Å². The number of aryl methyl sites for hydroxylation is 1. The molecule has 0 aliphatic carbocycles. The Morgan fingerprint density at radius 3 is 2.82 bits per heavy atom. The molecule has 1 aliphatic rings. The molecule has 0 radical (unpaired) electrons. The Kier molecular flexibility index (Phi) is 4.80. The molecule has 0 amide bonds. The maximum Gasteiger partial charge on any atom is 0.263 e. The van der Waals surface area contributed by atoms with E-state index in [-0.39, 0.29) is 17.9 Å². The van der Waals surface area contributed by atoms with Crippen LogP contribution in [0.25, 0.3) is 0 Å². The molecule has 3 heterocycles. The standard InChI is InChI=1S/C21H19N3O4/c1-14-8-18(23-10-15-5-6-19-20(9-15)28-13-27-19)17(12-25)21(26)24(14)11-16-4-2-3-7-22-16/h2-9,12,23H,10-11,13H2,1H3. The maximum atomic E-state index is 12.8. The molecule has 1 aromatic carbocycles. The second-order valence-corrected chi connectivity index (χ2v) is 6.48. The molecule has 1 aliphatic heterocycles. The van der Waals surface area contributed by atoms with Crippen LogP contribution in [-0.2, 0) is 13.1 Å². The van der Waals surface area contributed by atoms with Crippen molar-refractivity contribution in [1.29, 1.82) is 0 Å². The largest absolute Gasteiger partial charge is 0.454 e. The Labute approximate surface area is 161 Å². The first-order chi connectivity index (χ1) is 13.7. The van der Waals surface area contributed by atoms with Crippen LogP contribution in [0.1, 0.15) is 27.3 Å². The minimum absolute atomic E-state index is 0.0993. The summed E-state index contributed by atoms with van der Waals surface area (Å²) in [7, 11) is 0. The van der Waals surface area contributed by atoms with Crippen LogP contribution in [0.5, 0.6) is 11.5 Å². The van der Waals surface area contributed by atoms with Crippen molar-refractivity contribution in [3.8, 4) is 11.5 Å². The molecule has 0 atom stereocenters. The van der Waals surface area contributed by atoms with E-state index in [1.54, 1.807) is 16.8 Å². The van der Waals surface area contributed by atoms with E-state index in [1.807, 2.05) is 43.3 Å². The number of benzene rings is 1. The Morgan fingerprint density at radius 1 is 1.18 bits per heavy atom. The van der Waals surface area contributed by atoms with Crippen LogP contribution in [0.2, 0.25) is 0 Å². The molecule has 0 fully saturated rings. The third-order valence-corrected chi connectivity index (χ3v) is 4.63. The van der Waals surface area contributed by atoms with Gasteiger partial charge < -0.3 is 19.4 Å². The normalized spacial score (nSPS) is 12.0. The van der Waals surface area contributed by atoms with Gasteiger partial charge in [0.1, 0.15) is 5.56 Å². The van der Waals surface area contributed by atoms with Gasteiger partial charge in [0.05, 0.1) is 17.9 Å². The van der Waals surface area contributed by atoms with Crippen molar-refractivity contribution < 1.29 is 14.3 Å². The summed E-state index contributed by atoms with van der Waals surface area (Å²) in [5, 5.41) is 3.19. The summed E-state index contributed by atoms with van der Waals surface area (Å²) < 4.78 is 12.2. The highest BCUT2D eigenvalue weighted by Gasteiger charge is 2.15. The summed E-state index contributed by atoms with van der Waals surface area (Å²) in [4.78, 5) is 28.7. The lowest BCUT2D eigenvalue weighted by Crippen LogP contribution is -2.27. The zero-order chi connectivity index (χ0) is 19.5. The zero-order valence-electron chi connectivity index (χ0n) is 15.3. The van der Waals surface area contributed by atoms with E-state index in [9.17, 15) is 9.59 Å². The predicted molar refractivity (Wildman–Crippen MR) is 104 cm³/mol. The van der Waals surface area contributed by atoms with Crippen molar-refractivity contribution in [3.05, 3.63) is 81.5 Å². The van der Waals surface area contributed by atoms with E-state index < -0.39 is 0 Å². The third-order valence-electron chi connectivity index (χ3n) is 4.63. The molecule has 4 rings (SSSR count). The molecule has 3 aromatic rings. The first-order valence-electron chi connectivity index (χ1n) is 8.87. The fraction of sp³-hybridized carbons (Fsp3) is 0.190. The number of fused-ring (bicyclic) bond motifs is 1. The molecule has 0 spiro atoms. The second kappa shape index (κ2) is 7.56. The summed E-state index contributed by atoms with van der Waals surface area (Å²) in [6, 6.07) is 13.0. The average molecular weight is 377 g/mol. The van der Waals surface area contributed by atoms with Gasteiger partial charge in [0.25, 0.3) is 5.56 Å². The van der Waals surface area contributed by atoms with Gasteiger partial charge in [0.2, 0.25) is 6.79 Å². The molecule has 142 valence electrons. The number of ether oxygens (including phenoxy) is 2. The highest BCUT2D eigenvalue weighted by Crippen LogP contribution is 2.32. The lowest BCUT2D eigenvalue weighted by atomic mass is 10.1. The Morgan fingerprint density at radius 2 is 2.04 bits per heavy atom.